The van der Waals surface area contributed by atoms with Crippen molar-refractivity contribution in [2.24, 2.45) is 0 Å². The van der Waals surface area contributed by atoms with Crippen molar-refractivity contribution in [2.45, 2.75) is 181 Å². The normalized spacial score (nSPS) is 19.6. The molecule has 0 amide bonds. The topological polar surface area (TPSA) is 9.72 Å². The van der Waals surface area contributed by atoms with Crippen LogP contribution in [0.1, 0.15) is 196 Å². The lowest BCUT2D eigenvalue weighted by molar-refractivity contribution is 0.332. The van der Waals surface area contributed by atoms with Crippen molar-refractivity contribution in [3.63, 3.8) is 0 Å². The highest BCUT2D eigenvalue weighted by Gasteiger charge is 2.48. The zero-order chi connectivity index (χ0) is 63.4. The average molecular weight is 1040 g/mol. The maximum absolute atomic E-state index is 9.75. The Hall–Kier alpha value is -6.04. The molecule has 5 heteroatoms. The van der Waals surface area contributed by atoms with E-state index in [0.29, 0.717) is 0 Å². The molecule has 0 unspecified atom stereocenters. The van der Waals surface area contributed by atoms with Gasteiger partial charge in [-0.1, -0.05) is 178 Å². The largest absolute Gasteiger partial charge is 0.311 e. The molecule has 0 saturated heterocycles. The van der Waals surface area contributed by atoms with Gasteiger partial charge in [-0.25, -0.2) is 0 Å². The third-order valence-electron chi connectivity index (χ3n) is 18.2. The zero-order valence-corrected chi connectivity index (χ0v) is 49.5. The van der Waals surface area contributed by atoms with Crippen molar-refractivity contribution >= 4 is 95.0 Å². The van der Waals surface area contributed by atoms with Gasteiger partial charge < -0.3 is 14.7 Å². The Bertz CT molecular complexity index is 4130. The average Bonchev–Trinajstić information content (AvgIpc) is 1.68. The summed E-state index contributed by atoms with van der Waals surface area (Å²) in [5.41, 5.74) is 14.3. The molecule has 8 aromatic rings. The second-order valence-electron chi connectivity index (χ2n) is 28.6. The number of thiophene rings is 1. The molecule has 3 heterocycles. The predicted octanol–water partition coefficient (Wildman–Crippen LogP) is 19.0. The summed E-state index contributed by atoms with van der Waals surface area (Å²) in [7, 11) is 0. The highest BCUT2D eigenvalue weighted by Crippen LogP contribution is 2.56. The Balaban J connectivity index is 1.33. The van der Waals surface area contributed by atoms with E-state index in [-0.39, 0.29) is 61.7 Å². The van der Waals surface area contributed by atoms with E-state index in [2.05, 4.69) is 194 Å². The Morgan fingerprint density at radius 1 is 0.468 bits per heavy atom. The summed E-state index contributed by atoms with van der Waals surface area (Å²) < 4.78 is 95.7. The molecule has 0 saturated carbocycles. The number of benzene rings is 7. The van der Waals surface area contributed by atoms with Crippen LogP contribution >= 0.6 is 11.3 Å². The number of nitrogens with zero attached hydrogens (tertiary/aromatic N) is 3. The first kappa shape index (κ1) is 41.1. The van der Waals surface area contributed by atoms with Crippen LogP contribution < -0.4 is 30.4 Å². The van der Waals surface area contributed by atoms with Gasteiger partial charge in [0.25, 0.3) is 6.71 Å². The van der Waals surface area contributed by atoms with Crippen molar-refractivity contribution in [1.82, 2.24) is 0 Å². The van der Waals surface area contributed by atoms with E-state index < -0.39 is 60.4 Å². The molecule has 3 nitrogen and oxygen atoms in total. The van der Waals surface area contributed by atoms with E-state index in [1.807, 2.05) is 23.5 Å². The number of anilines is 9. The lowest BCUT2D eigenvalue weighted by Crippen LogP contribution is -2.60. The summed E-state index contributed by atoms with van der Waals surface area (Å²) in [6.45, 7) is 38.6. The van der Waals surface area contributed by atoms with Crippen LogP contribution in [0.4, 0.5) is 51.2 Å². The molecule has 7 aromatic carbocycles. The van der Waals surface area contributed by atoms with Gasteiger partial charge in [-0.3, -0.25) is 0 Å². The molecule has 0 atom stereocenters. The predicted molar refractivity (Wildman–Crippen MR) is 337 cm³/mol. The Kier molecular flexibility index (Phi) is 9.19. The van der Waals surface area contributed by atoms with Crippen molar-refractivity contribution in [1.29, 1.82) is 0 Å². The van der Waals surface area contributed by atoms with Gasteiger partial charge in [0.05, 0.1) is 25.1 Å². The van der Waals surface area contributed by atoms with Gasteiger partial charge in [0.15, 0.2) is 0 Å². The monoisotopic (exact) mass is 1040 g/mol. The molecule has 1 aromatic heterocycles. The third kappa shape index (κ3) is 8.42. The molecule has 0 N–H and O–H groups in total. The van der Waals surface area contributed by atoms with Gasteiger partial charge in [-0.15, -0.1) is 11.3 Å². The second kappa shape index (κ2) is 17.2. The van der Waals surface area contributed by atoms with Crippen LogP contribution in [0.5, 0.6) is 0 Å². The van der Waals surface area contributed by atoms with E-state index >= 15 is 0 Å². The summed E-state index contributed by atoms with van der Waals surface area (Å²) in [5, 5.41) is 1.12. The fraction of sp³-hybridized carbons (Fsp3) is 0.389. The van der Waals surface area contributed by atoms with Crippen molar-refractivity contribution in [2.75, 3.05) is 14.7 Å². The molecule has 4 aliphatic rings. The van der Waals surface area contributed by atoms with E-state index in [1.54, 1.807) is 0 Å². The van der Waals surface area contributed by atoms with Gasteiger partial charge >= 0.3 is 0 Å². The minimum absolute atomic E-state index is 0.0732. The lowest BCUT2D eigenvalue weighted by Gasteiger charge is -2.46. The molecule has 2 aliphatic carbocycles. The molecule has 0 radical (unpaired) electrons. The van der Waals surface area contributed by atoms with Crippen LogP contribution in [0.3, 0.4) is 0 Å². The van der Waals surface area contributed by atoms with Crippen molar-refractivity contribution in [3.05, 3.63) is 178 Å². The van der Waals surface area contributed by atoms with Gasteiger partial charge in [-0.2, -0.15) is 0 Å². The lowest BCUT2D eigenvalue weighted by atomic mass is 9.36. The second-order valence-corrected chi connectivity index (χ2v) is 29.6. The van der Waals surface area contributed by atoms with E-state index in [1.165, 1.54) is 36.6 Å². The van der Waals surface area contributed by atoms with Crippen LogP contribution in [-0.2, 0) is 37.9 Å². The van der Waals surface area contributed by atoms with Crippen LogP contribution in [0.25, 0.3) is 10.1 Å². The number of hydrogen-bond acceptors (Lipinski definition) is 4. The van der Waals surface area contributed by atoms with E-state index in [0.717, 1.165) is 92.8 Å². The number of fused-ring (bicyclic) bond motifs is 8. The zero-order valence-electron chi connectivity index (χ0n) is 58.7. The maximum Gasteiger partial charge on any atom is 0.264 e. The van der Waals surface area contributed by atoms with E-state index in [9.17, 15) is 11.0 Å². The summed E-state index contributed by atoms with van der Waals surface area (Å²) >= 11 is 1.85. The van der Waals surface area contributed by atoms with Gasteiger partial charge in [0.2, 0.25) is 0 Å². The standard InChI is InChI=1S/C72H82BN3S/c1-66(2,3)45-28-31-58-59(39-45)75(51-37-46(67(4,5)6)36-47(38-51)68(7,8)9)60-41-52(74(48-24-20-18-21-25-48)49-26-22-19-23-27-49)42-61-63(60)73(58)65-64(53-43-56-57(44-62(53)77-65)72(16,17)35-34-71(56,14)15)76(61)50-29-30-54-55(40-50)70(12,13)33-32-69(54,10)11/h18-31,36-44H,32-35H2,1-17H3/i18D,19D,20D,21D,22D,23D,24D,25D,26D,27D. The fourth-order valence-electron chi connectivity index (χ4n) is 13.1. The first-order chi connectivity index (χ1) is 40.2. The first-order valence-electron chi connectivity index (χ1n) is 33.0. The molecule has 394 valence electrons. The number of hydrogen-bond donors (Lipinski definition) is 0. The molecule has 0 spiro atoms. The maximum atomic E-state index is 9.75. The van der Waals surface area contributed by atoms with Gasteiger partial charge in [0, 0.05) is 54.7 Å². The quantitative estimate of drug-likeness (QED) is 0.159. The van der Waals surface area contributed by atoms with Crippen LogP contribution in [0, 0.1) is 0 Å². The molecule has 77 heavy (non-hydrogen) atoms. The number of para-hydroxylation sites is 2. The highest BCUT2D eigenvalue weighted by molar-refractivity contribution is 7.33. The SMILES string of the molecule is [2H]c1c([2H])c([2H])c(N(c2cc3c4c(c2)N(c2ccc5c(c2)C(C)(C)CCC5(C)C)c2c(sc5cc6c(cc25)C(C)(C)CCC6(C)C)B4c2ccc(C(C)(C)C)cc2N3c2cc(C(C)(C)C)cc(C(C)(C)C)c2)c2c([2H])c([2H])c([2H])c([2H])c2[2H])c([2H])c1[2H]. The minimum Gasteiger partial charge on any atom is -0.311 e. The number of rotatable bonds is 5. The third-order valence-corrected chi connectivity index (χ3v) is 19.4. The molecule has 0 bridgehead atoms. The molecular weight excluding hydrogens is 950 g/mol. The summed E-state index contributed by atoms with van der Waals surface area (Å²) in [6.07, 6.45) is 4.11. The van der Waals surface area contributed by atoms with Crippen molar-refractivity contribution in [3.8, 4) is 0 Å². The summed E-state index contributed by atoms with van der Waals surface area (Å²) in [5.74, 6) is 0. The Morgan fingerprint density at radius 2 is 0.961 bits per heavy atom. The summed E-state index contributed by atoms with van der Waals surface area (Å²) in [4.78, 5) is 6.13. The van der Waals surface area contributed by atoms with Gasteiger partial charge in [-0.05, 0) is 192 Å². The van der Waals surface area contributed by atoms with Gasteiger partial charge in [0.1, 0.15) is 0 Å². The molecule has 2 aliphatic heterocycles. The van der Waals surface area contributed by atoms with E-state index in [4.69, 9.17) is 2.74 Å². The minimum atomic E-state index is -0.619. The van der Waals surface area contributed by atoms with Crippen LogP contribution in [0.15, 0.2) is 139 Å². The fourth-order valence-corrected chi connectivity index (χ4v) is 14.4. The smallest absolute Gasteiger partial charge is 0.264 e. The Labute approximate surface area is 480 Å². The molecule has 12 rings (SSSR count). The Morgan fingerprint density at radius 3 is 1.49 bits per heavy atom. The first-order valence-corrected chi connectivity index (χ1v) is 28.8. The highest BCUT2D eigenvalue weighted by atomic mass is 32.1. The van der Waals surface area contributed by atoms with Crippen molar-refractivity contribution < 1.29 is 13.7 Å². The molecular formula is C72H82BN3S. The van der Waals surface area contributed by atoms with Crippen LogP contribution in [0.2, 0.25) is 0 Å². The summed E-state index contributed by atoms with van der Waals surface area (Å²) in [6, 6.07) is 23.7. The molecule has 0 fully saturated rings. The van der Waals surface area contributed by atoms with Crippen LogP contribution in [-0.4, -0.2) is 6.71 Å².